The highest BCUT2D eigenvalue weighted by Crippen LogP contribution is 2.30. The van der Waals surface area contributed by atoms with E-state index in [0.717, 1.165) is 0 Å². The molecule has 1 aliphatic rings. The van der Waals surface area contributed by atoms with Crippen LogP contribution in [0.15, 0.2) is 23.3 Å². The van der Waals surface area contributed by atoms with Crippen molar-refractivity contribution in [2.24, 2.45) is 5.41 Å². The molecule has 7 heteroatoms. The number of ether oxygens (including phenoxy) is 2. The lowest BCUT2D eigenvalue weighted by molar-refractivity contribution is -0.159. The van der Waals surface area contributed by atoms with Gasteiger partial charge in [0, 0.05) is 0 Å². The fourth-order valence-corrected chi connectivity index (χ4v) is 2.35. The summed E-state index contributed by atoms with van der Waals surface area (Å²) >= 11 is 0. The van der Waals surface area contributed by atoms with Gasteiger partial charge in [0.2, 0.25) is 0 Å². The number of carbonyl (C=O) groups excluding carboxylic acids is 2. The van der Waals surface area contributed by atoms with Gasteiger partial charge >= 0.3 is 17.9 Å². The van der Waals surface area contributed by atoms with Gasteiger partial charge < -0.3 is 19.9 Å². The van der Waals surface area contributed by atoms with E-state index in [1.165, 1.54) is 6.08 Å². The van der Waals surface area contributed by atoms with Crippen molar-refractivity contribution < 1.29 is 29.0 Å². The minimum absolute atomic E-state index is 0.0415. The Hall–Kier alpha value is -2.15. The lowest BCUT2D eigenvalue weighted by Gasteiger charge is -2.39. The van der Waals surface area contributed by atoms with Gasteiger partial charge in [0.05, 0.1) is 11.1 Å². The Morgan fingerprint density at radius 3 is 2.04 bits per heavy atom. The van der Waals surface area contributed by atoms with Crippen molar-refractivity contribution in [2.45, 2.75) is 46.1 Å². The topological polar surface area (TPSA) is 102 Å². The molecule has 1 rings (SSSR count). The zero-order valence-electron chi connectivity index (χ0n) is 15.5. The van der Waals surface area contributed by atoms with Gasteiger partial charge in [0.15, 0.2) is 0 Å². The van der Waals surface area contributed by atoms with Crippen molar-refractivity contribution in [3.8, 4) is 0 Å². The Bertz CT molecular complexity index is 599. The van der Waals surface area contributed by atoms with Crippen LogP contribution in [0.2, 0.25) is 0 Å². The van der Waals surface area contributed by atoms with E-state index in [1.54, 1.807) is 20.0 Å². The Balaban J connectivity index is 2.54. The molecule has 2 N–H and O–H groups in total. The van der Waals surface area contributed by atoms with Gasteiger partial charge in [-0.1, -0.05) is 32.9 Å². The van der Waals surface area contributed by atoms with E-state index in [-0.39, 0.29) is 29.8 Å². The Labute approximate surface area is 148 Å². The molecule has 0 amide bonds. The van der Waals surface area contributed by atoms with E-state index < -0.39 is 23.4 Å². The van der Waals surface area contributed by atoms with Crippen LogP contribution in [0.25, 0.3) is 0 Å². The third-order valence-corrected chi connectivity index (χ3v) is 4.56. The molecule has 0 heterocycles. The van der Waals surface area contributed by atoms with Crippen molar-refractivity contribution in [1.29, 1.82) is 0 Å². The minimum atomic E-state index is -1.16. The molecule has 0 radical (unpaired) electrons. The van der Waals surface area contributed by atoms with Crippen LogP contribution in [-0.2, 0) is 23.9 Å². The van der Waals surface area contributed by atoms with Crippen LogP contribution in [-0.4, -0.2) is 48.8 Å². The maximum absolute atomic E-state index is 12.3. The summed E-state index contributed by atoms with van der Waals surface area (Å²) in [6.45, 7) is 7.26. The molecule has 1 unspecified atom stereocenters. The van der Waals surface area contributed by atoms with E-state index >= 15 is 0 Å². The molecule has 0 aromatic rings. The molecular weight excluding hydrogens is 326 g/mol. The van der Waals surface area contributed by atoms with E-state index in [2.05, 4.69) is 5.32 Å². The number of hydrogen-bond acceptors (Lipinski definition) is 6. The molecule has 140 valence electrons. The average molecular weight is 353 g/mol. The van der Waals surface area contributed by atoms with Crippen LogP contribution < -0.4 is 5.32 Å². The molecule has 0 aliphatic heterocycles. The number of rotatable bonds is 7. The molecule has 1 aliphatic carbocycles. The summed E-state index contributed by atoms with van der Waals surface area (Å²) in [5.74, 6) is -2.33. The fraction of sp³-hybridized carbons (Fsp3) is 0.611. The summed E-state index contributed by atoms with van der Waals surface area (Å²) in [4.78, 5) is 35.5. The van der Waals surface area contributed by atoms with Crippen LogP contribution >= 0.6 is 0 Å². The first kappa shape index (κ1) is 20.9. The summed E-state index contributed by atoms with van der Waals surface area (Å²) in [5.41, 5.74) is -1.27. The summed E-state index contributed by atoms with van der Waals surface area (Å²) in [6.07, 6.45) is 4.21. The second kappa shape index (κ2) is 8.29. The van der Waals surface area contributed by atoms with Gasteiger partial charge in [-0.05, 0) is 32.2 Å². The van der Waals surface area contributed by atoms with Crippen LogP contribution in [0.1, 0.15) is 40.5 Å². The summed E-state index contributed by atoms with van der Waals surface area (Å²) in [7, 11) is 1.68. The quantitative estimate of drug-likeness (QED) is 0.532. The fourth-order valence-electron chi connectivity index (χ4n) is 2.35. The average Bonchev–Trinajstić information content (AvgIpc) is 2.56. The van der Waals surface area contributed by atoms with E-state index in [9.17, 15) is 14.4 Å². The van der Waals surface area contributed by atoms with Crippen molar-refractivity contribution in [3.63, 3.8) is 0 Å². The van der Waals surface area contributed by atoms with E-state index in [4.69, 9.17) is 14.6 Å². The number of carboxylic acid groups (broad SMARTS) is 1. The van der Waals surface area contributed by atoms with Crippen molar-refractivity contribution in [1.82, 2.24) is 5.32 Å². The second-order valence-electron chi connectivity index (χ2n) is 7.01. The summed E-state index contributed by atoms with van der Waals surface area (Å²) in [6, 6.07) is 0. The van der Waals surface area contributed by atoms with Crippen molar-refractivity contribution in [2.75, 3.05) is 20.3 Å². The highest BCUT2D eigenvalue weighted by molar-refractivity contribution is 6.06. The Morgan fingerprint density at radius 2 is 1.56 bits per heavy atom. The molecule has 0 saturated carbocycles. The largest absolute Gasteiger partial charge is 0.478 e. The Morgan fingerprint density at radius 1 is 1.04 bits per heavy atom. The molecule has 0 aromatic heterocycles. The van der Waals surface area contributed by atoms with Crippen LogP contribution in [0.3, 0.4) is 0 Å². The summed E-state index contributed by atoms with van der Waals surface area (Å²) < 4.78 is 10.2. The van der Waals surface area contributed by atoms with Crippen molar-refractivity contribution in [3.05, 3.63) is 23.3 Å². The van der Waals surface area contributed by atoms with E-state index in [0.29, 0.717) is 12.8 Å². The zero-order valence-corrected chi connectivity index (χ0v) is 15.5. The van der Waals surface area contributed by atoms with Crippen LogP contribution in [0, 0.1) is 5.41 Å². The number of nitrogens with one attached hydrogen (secondary N) is 1. The second-order valence-corrected chi connectivity index (χ2v) is 7.01. The smallest absolute Gasteiger partial charge is 0.338 e. The monoisotopic (exact) mass is 353 g/mol. The third kappa shape index (κ3) is 4.92. The maximum atomic E-state index is 12.3. The number of hydrogen-bond donors (Lipinski definition) is 2. The third-order valence-electron chi connectivity index (χ3n) is 4.56. The molecule has 25 heavy (non-hydrogen) atoms. The normalized spacial score (nSPS) is 17.0. The molecule has 0 aromatic carbocycles. The van der Waals surface area contributed by atoms with Gasteiger partial charge in [-0.15, -0.1) is 0 Å². The van der Waals surface area contributed by atoms with Gasteiger partial charge in [-0.3, -0.25) is 4.79 Å². The number of aliphatic carboxylic acids is 1. The maximum Gasteiger partial charge on any atom is 0.338 e. The highest BCUT2D eigenvalue weighted by atomic mass is 16.6. The minimum Gasteiger partial charge on any atom is -0.478 e. The number of likely N-dealkylation sites (N-methyl/N-ethyl adjacent to an activating group) is 1. The summed E-state index contributed by atoms with van der Waals surface area (Å²) in [5, 5.41) is 12.1. The molecule has 0 spiro atoms. The first-order chi connectivity index (χ1) is 11.5. The van der Waals surface area contributed by atoms with Gasteiger partial charge in [-0.2, -0.15) is 0 Å². The molecule has 1 atom stereocenters. The van der Waals surface area contributed by atoms with Gasteiger partial charge in [0.25, 0.3) is 0 Å². The lowest BCUT2D eigenvalue weighted by atomic mass is 9.75. The molecule has 0 fully saturated rings. The number of carboxylic acids is 1. The standard InChI is InChI=1S/C18H27NO6/c1-17(2,3)18(4,19-5)16(23)25-11-10-24-15(22)13-9-7-6-8-12(13)14(20)21/h8-9,19H,6-7,10-11H2,1-5H3,(H,20,21). The number of esters is 2. The number of carbonyl (C=O) groups is 3. The molecular formula is C18H27NO6. The van der Waals surface area contributed by atoms with Crippen LogP contribution in [0.5, 0.6) is 0 Å². The Kier molecular flexibility index (Phi) is 6.93. The van der Waals surface area contributed by atoms with Gasteiger partial charge in [-0.25, -0.2) is 9.59 Å². The van der Waals surface area contributed by atoms with Gasteiger partial charge in [0.1, 0.15) is 18.8 Å². The molecule has 0 bridgehead atoms. The predicted octanol–water partition coefficient (Wildman–Crippen LogP) is 1.83. The lowest BCUT2D eigenvalue weighted by Crippen LogP contribution is -2.57. The molecule has 7 nitrogen and oxygen atoms in total. The van der Waals surface area contributed by atoms with E-state index in [1.807, 2.05) is 20.8 Å². The first-order valence-electron chi connectivity index (χ1n) is 8.22. The first-order valence-corrected chi connectivity index (χ1v) is 8.22. The zero-order chi connectivity index (χ0) is 19.3. The van der Waals surface area contributed by atoms with Crippen molar-refractivity contribution >= 4 is 17.9 Å². The molecule has 0 saturated heterocycles. The highest BCUT2D eigenvalue weighted by Gasteiger charge is 2.44. The SMILES string of the molecule is CNC(C)(C(=O)OCCOC(=O)C1=CCCC=C1C(=O)O)C(C)(C)C. The van der Waals surface area contributed by atoms with Crippen LogP contribution in [0.4, 0.5) is 0 Å². The predicted molar refractivity (Wildman–Crippen MR) is 91.9 cm³/mol. The number of allylic oxidation sites excluding steroid dienone is 2.